The zero-order valence-electron chi connectivity index (χ0n) is 59.3. The van der Waals surface area contributed by atoms with Gasteiger partial charge in [0.15, 0.2) is 0 Å². The van der Waals surface area contributed by atoms with Crippen molar-refractivity contribution in [1.82, 2.24) is 5.32 Å². The van der Waals surface area contributed by atoms with Crippen LogP contribution in [0.3, 0.4) is 0 Å². The van der Waals surface area contributed by atoms with Gasteiger partial charge >= 0.3 is 5.97 Å². The highest BCUT2D eigenvalue weighted by molar-refractivity contribution is 5.76. The third-order valence-corrected chi connectivity index (χ3v) is 19.0. The third-order valence-electron chi connectivity index (χ3n) is 19.0. The maximum absolute atomic E-state index is 12.6. The summed E-state index contributed by atoms with van der Waals surface area (Å²) in [4.78, 5) is 24.6. The third kappa shape index (κ3) is 73.3. The second-order valence-corrected chi connectivity index (χ2v) is 27.7. The van der Waals surface area contributed by atoms with Crippen molar-refractivity contribution in [3.8, 4) is 0 Å². The number of ether oxygens (including phenoxy) is 1. The van der Waals surface area contributed by atoms with Crippen LogP contribution >= 0.6 is 0 Å². The standard InChI is InChI=1S/C81H157NO5/c1-3-5-7-9-11-13-15-16-17-18-19-41-44-47-50-54-57-61-65-69-73-79(84)78(77-83)82-80(85)74-70-66-62-58-55-51-48-45-42-39-37-35-33-31-29-27-25-23-21-20-22-24-26-28-30-32-34-36-38-40-43-46-49-52-56-60-64-68-72-76-87-81(86)75-71-67-63-59-53-14-12-10-8-6-4-2/h10,12,20-21,78-79,83-84H,3-9,11,13-19,22-77H2,1-2H3,(H,82,85)/b12-10-,21-20-. The van der Waals surface area contributed by atoms with Crippen molar-refractivity contribution in [2.75, 3.05) is 13.2 Å². The summed E-state index contributed by atoms with van der Waals surface area (Å²) in [5, 5.41) is 23.4. The van der Waals surface area contributed by atoms with Crippen LogP contribution in [0.5, 0.6) is 0 Å². The molecule has 1 amide bonds. The van der Waals surface area contributed by atoms with E-state index >= 15 is 0 Å². The maximum Gasteiger partial charge on any atom is 0.305 e. The zero-order chi connectivity index (χ0) is 62.8. The number of esters is 1. The zero-order valence-corrected chi connectivity index (χ0v) is 59.3. The van der Waals surface area contributed by atoms with Gasteiger partial charge in [-0.2, -0.15) is 0 Å². The topological polar surface area (TPSA) is 95.9 Å². The molecule has 87 heavy (non-hydrogen) atoms. The minimum absolute atomic E-state index is 0.0120. The number of aliphatic hydroxyl groups excluding tert-OH is 2. The largest absolute Gasteiger partial charge is 0.466 e. The fraction of sp³-hybridized carbons (Fsp3) is 0.926. The van der Waals surface area contributed by atoms with Gasteiger partial charge in [-0.25, -0.2) is 0 Å². The maximum atomic E-state index is 12.6. The number of rotatable bonds is 76. The number of amides is 1. The summed E-state index contributed by atoms with van der Waals surface area (Å²) in [6, 6.07) is -0.539. The molecule has 0 bridgehead atoms. The summed E-state index contributed by atoms with van der Waals surface area (Å²) in [6.45, 7) is 4.96. The molecule has 0 saturated carbocycles. The van der Waals surface area contributed by atoms with Crippen molar-refractivity contribution < 1.29 is 24.5 Å². The van der Waals surface area contributed by atoms with Gasteiger partial charge < -0.3 is 20.3 Å². The van der Waals surface area contributed by atoms with E-state index in [1.54, 1.807) is 0 Å². The van der Waals surface area contributed by atoms with Crippen molar-refractivity contribution in [2.45, 2.75) is 469 Å². The molecule has 0 aromatic heterocycles. The van der Waals surface area contributed by atoms with Crippen LogP contribution in [0, 0.1) is 0 Å². The average molecular weight is 1230 g/mol. The first-order valence-electron chi connectivity index (χ1n) is 40.1. The molecule has 2 atom stereocenters. The van der Waals surface area contributed by atoms with Gasteiger partial charge in [-0.15, -0.1) is 0 Å². The lowest BCUT2D eigenvalue weighted by Gasteiger charge is -2.22. The molecule has 0 radical (unpaired) electrons. The predicted molar refractivity (Wildman–Crippen MR) is 384 cm³/mol. The Labute approximate surface area is 545 Å². The normalized spacial score (nSPS) is 12.6. The molecule has 516 valence electrons. The van der Waals surface area contributed by atoms with Crippen molar-refractivity contribution in [3.63, 3.8) is 0 Å². The van der Waals surface area contributed by atoms with Gasteiger partial charge in [-0.05, 0) is 70.6 Å². The Bertz CT molecular complexity index is 1360. The Morgan fingerprint density at radius 3 is 0.851 bits per heavy atom. The predicted octanol–water partition coefficient (Wildman–Crippen LogP) is 26.4. The molecule has 0 aliphatic carbocycles. The minimum Gasteiger partial charge on any atom is -0.466 e. The molecule has 0 aromatic rings. The fourth-order valence-corrected chi connectivity index (χ4v) is 12.9. The summed E-state index contributed by atoms with van der Waals surface area (Å²) in [5.74, 6) is -0.0134. The smallest absolute Gasteiger partial charge is 0.305 e. The summed E-state index contributed by atoms with van der Waals surface area (Å²) >= 11 is 0. The Kier molecular flexibility index (Phi) is 75.3. The van der Waals surface area contributed by atoms with Gasteiger partial charge in [0, 0.05) is 12.8 Å². The van der Waals surface area contributed by atoms with Crippen LogP contribution < -0.4 is 5.32 Å². The molecule has 0 heterocycles. The van der Waals surface area contributed by atoms with E-state index in [-0.39, 0.29) is 18.5 Å². The fourth-order valence-electron chi connectivity index (χ4n) is 12.9. The molecular weight excluding hydrogens is 1070 g/mol. The lowest BCUT2D eigenvalue weighted by molar-refractivity contribution is -0.143. The van der Waals surface area contributed by atoms with Crippen LogP contribution in [0.15, 0.2) is 24.3 Å². The van der Waals surface area contributed by atoms with Crippen molar-refractivity contribution in [2.24, 2.45) is 0 Å². The Morgan fingerprint density at radius 1 is 0.310 bits per heavy atom. The summed E-state index contributed by atoms with van der Waals surface area (Å²) in [5.41, 5.74) is 0. The number of hydrogen-bond acceptors (Lipinski definition) is 5. The second kappa shape index (κ2) is 76.8. The highest BCUT2D eigenvalue weighted by Crippen LogP contribution is 2.20. The number of hydrogen-bond donors (Lipinski definition) is 3. The van der Waals surface area contributed by atoms with E-state index in [9.17, 15) is 19.8 Å². The van der Waals surface area contributed by atoms with Crippen LogP contribution in [0.1, 0.15) is 457 Å². The highest BCUT2D eigenvalue weighted by Gasteiger charge is 2.20. The average Bonchev–Trinajstić information content (AvgIpc) is 3.53. The minimum atomic E-state index is -0.662. The van der Waals surface area contributed by atoms with Crippen LogP contribution in [0.4, 0.5) is 0 Å². The Balaban J connectivity index is 3.33. The van der Waals surface area contributed by atoms with Crippen molar-refractivity contribution >= 4 is 11.9 Å². The van der Waals surface area contributed by atoms with Crippen LogP contribution in [-0.2, 0) is 14.3 Å². The highest BCUT2D eigenvalue weighted by atomic mass is 16.5. The molecule has 6 heteroatoms. The monoisotopic (exact) mass is 1220 g/mol. The summed E-state index contributed by atoms with van der Waals surface area (Å²) in [6.07, 6.45) is 98.6. The first-order chi connectivity index (χ1) is 43.0. The van der Waals surface area contributed by atoms with Crippen molar-refractivity contribution in [1.29, 1.82) is 0 Å². The molecule has 0 aliphatic rings. The molecule has 0 saturated heterocycles. The number of carbonyl (C=O) groups is 2. The van der Waals surface area contributed by atoms with Gasteiger partial charge in [0.2, 0.25) is 5.91 Å². The molecule has 0 rings (SSSR count). The SMILES string of the molecule is CCCC/C=C\CCCCCCCC(=O)OCCCCCCCCCCCCCCCCCCCC/C=C\CCCCCCCCCCCCCCCCCCCC(=O)NC(CO)C(O)CCCCCCCCCCCCCCCCCCCCCC. The first kappa shape index (κ1) is 85.3. The van der Waals surface area contributed by atoms with Crippen LogP contribution in [-0.4, -0.2) is 47.4 Å². The number of aliphatic hydroxyl groups is 2. The van der Waals surface area contributed by atoms with Crippen molar-refractivity contribution in [3.05, 3.63) is 24.3 Å². The number of carbonyl (C=O) groups excluding carboxylic acids is 2. The molecule has 0 aromatic carbocycles. The van der Waals surface area contributed by atoms with Gasteiger partial charge in [0.1, 0.15) is 0 Å². The van der Waals surface area contributed by atoms with E-state index in [2.05, 4.69) is 43.5 Å². The van der Waals surface area contributed by atoms with E-state index < -0.39 is 12.1 Å². The molecule has 2 unspecified atom stereocenters. The van der Waals surface area contributed by atoms with Crippen LogP contribution in [0.2, 0.25) is 0 Å². The number of allylic oxidation sites excluding steroid dienone is 4. The van der Waals surface area contributed by atoms with Gasteiger partial charge in [0.25, 0.3) is 0 Å². The van der Waals surface area contributed by atoms with Gasteiger partial charge in [0.05, 0.1) is 25.4 Å². The number of nitrogens with one attached hydrogen (secondary N) is 1. The van der Waals surface area contributed by atoms with Gasteiger partial charge in [-0.3, -0.25) is 9.59 Å². The summed E-state index contributed by atoms with van der Waals surface area (Å²) < 4.78 is 5.47. The Hall–Kier alpha value is -1.66. The molecular formula is C81H157NO5. The van der Waals surface area contributed by atoms with E-state index in [0.717, 1.165) is 44.9 Å². The lowest BCUT2D eigenvalue weighted by atomic mass is 10.0. The van der Waals surface area contributed by atoms with E-state index in [1.807, 2.05) is 0 Å². The van der Waals surface area contributed by atoms with Crippen LogP contribution in [0.25, 0.3) is 0 Å². The molecule has 6 nitrogen and oxygen atoms in total. The summed E-state index contributed by atoms with van der Waals surface area (Å²) in [7, 11) is 0. The quantitative estimate of drug-likeness (QED) is 0.0320. The molecule has 0 fully saturated rings. The van der Waals surface area contributed by atoms with E-state index in [4.69, 9.17) is 4.74 Å². The Morgan fingerprint density at radius 2 is 0.552 bits per heavy atom. The van der Waals surface area contributed by atoms with E-state index in [0.29, 0.717) is 25.9 Å². The molecule has 0 spiro atoms. The first-order valence-corrected chi connectivity index (χ1v) is 40.1. The molecule has 0 aliphatic heterocycles. The molecule has 3 N–H and O–H groups in total. The van der Waals surface area contributed by atoms with Gasteiger partial charge in [-0.1, -0.05) is 398 Å². The number of unbranched alkanes of at least 4 members (excludes halogenated alkanes) is 61. The second-order valence-electron chi connectivity index (χ2n) is 27.7. The lowest BCUT2D eigenvalue weighted by Crippen LogP contribution is -2.45. The van der Waals surface area contributed by atoms with E-state index in [1.165, 1.54) is 379 Å².